The quantitative estimate of drug-likeness (QED) is 0.355. The van der Waals surface area contributed by atoms with Crippen molar-refractivity contribution in [1.29, 1.82) is 0 Å². The van der Waals surface area contributed by atoms with E-state index in [1.54, 1.807) is 22.2 Å². The van der Waals surface area contributed by atoms with Gasteiger partial charge in [0.1, 0.15) is 16.9 Å². The maximum atomic E-state index is 10.9. The van der Waals surface area contributed by atoms with Crippen molar-refractivity contribution < 1.29 is 5.11 Å². The first-order valence-corrected chi connectivity index (χ1v) is 11.6. The van der Waals surface area contributed by atoms with Gasteiger partial charge < -0.3 is 5.11 Å². The lowest BCUT2D eigenvalue weighted by Crippen LogP contribution is -2.26. The van der Waals surface area contributed by atoms with E-state index in [2.05, 4.69) is 25.9 Å². The number of aromatic hydroxyl groups is 1. The van der Waals surface area contributed by atoms with Crippen LogP contribution in [0.4, 0.5) is 0 Å². The average Bonchev–Trinajstić information content (AvgIpc) is 3.33. The Bertz CT molecular complexity index is 1470. The Morgan fingerprint density at radius 2 is 1.97 bits per heavy atom. The smallest absolute Gasteiger partial charge is 0.185 e. The van der Waals surface area contributed by atoms with Crippen LogP contribution in [0.25, 0.3) is 38.0 Å². The number of nitrogens with zero attached hydrogens (tertiary/aromatic N) is 4. The molecule has 31 heavy (non-hydrogen) atoms. The summed E-state index contributed by atoms with van der Waals surface area (Å²) in [7, 11) is 0. The van der Waals surface area contributed by atoms with E-state index >= 15 is 0 Å². The zero-order chi connectivity index (χ0) is 21.3. The van der Waals surface area contributed by atoms with Crippen LogP contribution in [0.2, 0.25) is 0 Å². The second-order valence-electron chi connectivity index (χ2n) is 9.62. The van der Waals surface area contributed by atoms with E-state index in [-0.39, 0.29) is 5.75 Å². The fourth-order valence-corrected chi connectivity index (χ4v) is 6.12. The van der Waals surface area contributed by atoms with Crippen LogP contribution in [0.5, 0.6) is 5.75 Å². The van der Waals surface area contributed by atoms with Crippen LogP contribution in [0, 0.1) is 11.3 Å². The maximum Gasteiger partial charge on any atom is 0.185 e. The summed E-state index contributed by atoms with van der Waals surface area (Å²) < 4.78 is 1.76. The van der Waals surface area contributed by atoms with Gasteiger partial charge in [-0.1, -0.05) is 51.1 Å². The van der Waals surface area contributed by atoms with Gasteiger partial charge in [-0.3, -0.25) is 0 Å². The monoisotopic (exact) mass is 428 g/mol. The number of hydrogen-bond donors (Lipinski definition) is 1. The van der Waals surface area contributed by atoms with Crippen molar-refractivity contribution in [3.8, 4) is 17.1 Å². The van der Waals surface area contributed by atoms with E-state index in [0.717, 1.165) is 39.5 Å². The minimum Gasteiger partial charge on any atom is -0.507 e. The summed E-state index contributed by atoms with van der Waals surface area (Å²) in [5.74, 6) is 1.44. The van der Waals surface area contributed by atoms with Gasteiger partial charge in [0.15, 0.2) is 11.5 Å². The Morgan fingerprint density at radius 1 is 1.13 bits per heavy atom. The fraction of sp³-hybridized carbons (Fsp3) is 0.320. The molecule has 1 N–H and O–H groups in total. The lowest BCUT2D eigenvalue weighted by atomic mass is 9.72. The Morgan fingerprint density at radius 3 is 2.81 bits per heavy atom. The van der Waals surface area contributed by atoms with Crippen LogP contribution in [-0.4, -0.2) is 24.7 Å². The molecule has 3 heterocycles. The van der Waals surface area contributed by atoms with Crippen molar-refractivity contribution in [3.05, 3.63) is 53.2 Å². The van der Waals surface area contributed by atoms with Crippen LogP contribution in [0.1, 0.15) is 37.6 Å². The highest BCUT2D eigenvalue weighted by Gasteiger charge is 2.32. The largest absolute Gasteiger partial charge is 0.507 e. The molecule has 156 valence electrons. The maximum absolute atomic E-state index is 10.9. The second kappa shape index (κ2) is 6.50. The van der Waals surface area contributed by atoms with E-state index in [9.17, 15) is 5.11 Å². The molecule has 6 rings (SSSR count). The highest BCUT2D eigenvalue weighted by molar-refractivity contribution is 7.19. The third-order valence-corrected chi connectivity index (χ3v) is 7.91. The predicted octanol–water partition coefficient (Wildman–Crippen LogP) is 6.02. The molecular weight excluding hydrogens is 404 g/mol. The van der Waals surface area contributed by atoms with Crippen LogP contribution in [-0.2, 0) is 12.8 Å². The van der Waals surface area contributed by atoms with E-state index in [4.69, 9.17) is 9.97 Å². The molecule has 0 saturated heterocycles. The summed E-state index contributed by atoms with van der Waals surface area (Å²) >= 11 is 1.80. The molecule has 0 bridgehead atoms. The first-order chi connectivity index (χ1) is 14.9. The SMILES string of the molecule is CC(C)(C)[C@H]1CCc2c(sc3ncn4nc(-c5ccc6ccccc6c5O)nc4c23)C1. The summed E-state index contributed by atoms with van der Waals surface area (Å²) in [6.45, 7) is 7.02. The lowest BCUT2D eigenvalue weighted by Gasteiger charge is -2.33. The van der Waals surface area contributed by atoms with Gasteiger partial charge in [0.2, 0.25) is 0 Å². The third kappa shape index (κ3) is 2.85. The van der Waals surface area contributed by atoms with Gasteiger partial charge in [0.25, 0.3) is 0 Å². The van der Waals surface area contributed by atoms with E-state index in [1.165, 1.54) is 16.9 Å². The normalized spacial score (nSPS) is 16.9. The summed E-state index contributed by atoms with van der Waals surface area (Å²) in [5, 5.41) is 18.5. The predicted molar refractivity (Wildman–Crippen MR) is 126 cm³/mol. The Balaban J connectivity index is 1.52. The number of fused-ring (bicyclic) bond motifs is 6. The first-order valence-electron chi connectivity index (χ1n) is 10.8. The molecule has 0 aliphatic heterocycles. The molecule has 0 saturated carbocycles. The van der Waals surface area contributed by atoms with Crippen molar-refractivity contribution in [2.75, 3.05) is 0 Å². The van der Waals surface area contributed by atoms with Gasteiger partial charge in [-0.15, -0.1) is 16.4 Å². The Kier molecular flexibility index (Phi) is 3.93. The van der Waals surface area contributed by atoms with Crippen molar-refractivity contribution >= 4 is 38.0 Å². The van der Waals surface area contributed by atoms with Crippen LogP contribution < -0.4 is 0 Å². The zero-order valence-corrected chi connectivity index (χ0v) is 18.7. The van der Waals surface area contributed by atoms with Gasteiger partial charge in [-0.2, -0.15) is 0 Å². The highest BCUT2D eigenvalue weighted by Crippen LogP contribution is 2.44. The molecule has 0 radical (unpaired) electrons. The topological polar surface area (TPSA) is 63.3 Å². The fourth-order valence-electron chi connectivity index (χ4n) is 4.86. The number of benzene rings is 2. The molecule has 0 spiro atoms. The number of thiophene rings is 1. The number of aryl methyl sites for hydroxylation is 1. The summed E-state index contributed by atoms with van der Waals surface area (Å²) in [6.07, 6.45) is 5.10. The average molecular weight is 429 g/mol. The number of aromatic nitrogens is 4. The number of hydrogen-bond acceptors (Lipinski definition) is 5. The van der Waals surface area contributed by atoms with Crippen molar-refractivity contribution in [3.63, 3.8) is 0 Å². The molecule has 3 aromatic heterocycles. The molecule has 0 fully saturated rings. The minimum atomic E-state index is 0.221. The summed E-state index contributed by atoms with van der Waals surface area (Å²) in [5.41, 5.74) is 3.18. The molecule has 6 heteroatoms. The van der Waals surface area contributed by atoms with E-state index < -0.39 is 0 Å². The molecule has 5 aromatic rings. The molecule has 5 nitrogen and oxygen atoms in total. The molecule has 1 aliphatic rings. The van der Waals surface area contributed by atoms with Crippen molar-refractivity contribution in [2.45, 2.75) is 40.0 Å². The van der Waals surface area contributed by atoms with Gasteiger partial charge in [0, 0.05) is 10.3 Å². The standard InChI is InChI=1S/C25H24N4OS/c1-25(2,3)15-9-11-17-19(12-15)31-24-20(17)23-27-22(28-29(23)13-26-24)18-10-8-14-6-4-5-7-16(14)21(18)30/h4-8,10,13,15,30H,9,11-12H2,1-3H3/t15-/m0/s1. The molecular formula is C25H24N4OS. The van der Waals surface area contributed by atoms with Gasteiger partial charge in [-0.05, 0) is 47.6 Å². The number of rotatable bonds is 1. The van der Waals surface area contributed by atoms with Crippen molar-refractivity contribution in [1.82, 2.24) is 19.6 Å². The molecule has 2 aromatic carbocycles. The Labute approximate surface area is 184 Å². The van der Waals surface area contributed by atoms with Crippen LogP contribution >= 0.6 is 11.3 Å². The highest BCUT2D eigenvalue weighted by atomic mass is 32.1. The summed E-state index contributed by atoms with van der Waals surface area (Å²) in [6, 6.07) is 11.7. The molecule has 0 amide bonds. The van der Waals surface area contributed by atoms with Crippen LogP contribution in [0.15, 0.2) is 42.7 Å². The van der Waals surface area contributed by atoms with Gasteiger partial charge in [0.05, 0.1) is 10.9 Å². The second-order valence-corrected chi connectivity index (χ2v) is 10.7. The lowest BCUT2D eigenvalue weighted by molar-refractivity contribution is 0.218. The van der Waals surface area contributed by atoms with Gasteiger partial charge in [-0.25, -0.2) is 14.5 Å². The van der Waals surface area contributed by atoms with Crippen molar-refractivity contribution in [2.24, 2.45) is 11.3 Å². The third-order valence-electron chi connectivity index (χ3n) is 6.75. The molecule has 0 unspecified atom stereocenters. The number of phenolic OH excluding ortho intramolecular Hbond substituents is 1. The molecule has 1 atom stereocenters. The molecule has 1 aliphatic carbocycles. The zero-order valence-electron chi connectivity index (χ0n) is 17.9. The first kappa shape index (κ1) is 18.8. The number of phenols is 1. The van der Waals surface area contributed by atoms with Gasteiger partial charge >= 0.3 is 0 Å². The van der Waals surface area contributed by atoms with E-state index in [0.29, 0.717) is 22.7 Å². The van der Waals surface area contributed by atoms with Crippen LogP contribution in [0.3, 0.4) is 0 Å². The summed E-state index contributed by atoms with van der Waals surface area (Å²) in [4.78, 5) is 12.1. The Hall–Kier alpha value is -2.99. The minimum absolute atomic E-state index is 0.221. The van der Waals surface area contributed by atoms with E-state index in [1.807, 2.05) is 36.4 Å².